The fourth-order valence-electron chi connectivity index (χ4n) is 0.950. The highest BCUT2D eigenvalue weighted by molar-refractivity contribution is 5.83. The predicted octanol–water partition coefficient (Wildman–Crippen LogP) is 1.39. The molecule has 0 saturated carbocycles. The molecule has 1 N–H and O–H groups in total. The zero-order chi connectivity index (χ0) is 9.68. The lowest BCUT2D eigenvalue weighted by Crippen LogP contribution is -1.99. The average Bonchev–Trinajstić information content (AvgIpc) is 2.15. The van der Waals surface area contributed by atoms with E-state index in [1.807, 2.05) is 0 Å². The number of hydrazone groups is 1. The van der Waals surface area contributed by atoms with Gasteiger partial charge in [-0.2, -0.15) is 5.10 Å². The van der Waals surface area contributed by atoms with Gasteiger partial charge in [-0.05, 0) is 12.1 Å². The summed E-state index contributed by atoms with van der Waals surface area (Å²) in [5.41, 5.74) is 2.89. The quantitative estimate of drug-likeness (QED) is 0.566. The Kier molecular flexibility index (Phi) is 3.25. The van der Waals surface area contributed by atoms with Gasteiger partial charge in [0, 0.05) is 7.05 Å². The molecule has 13 heavy (non-hydrogen) atoms. The molecule has 0 saturated heterocycles. The van der Waals surface area contributed by atoms with Crippen molar-refractivity contribution in [3.05, 3.63) is 29.6 Å². The molecule has 0 bridgehead atoms. The number of nitrogens with one attached hydrogen (secondary N) is 1. The second-order valence-corrected chi connectivity index (χ2v) is 2.34. The number of methoxy groups -OCH3 is 1. The first-order valence-corrected chi connectivity index (χ1v) is 3.82. The summed E-state index contributed by atoms with van der Waals surface area (Å²) >= 11 is 0. The van der Waals surface area contributed by atoms with E-state index in [-0.39, 0.29) is 5.82 Å². The third-order valence-corrected chi connectivity index (χ3v) is 1.56. The van der Waals surface area contributed by atoms with Gasteiger partial charge in [0.2, 0.25) is 0 Å². The molecule has 0 radical (unpaired) electrons. The molecule has 0 fully saturated rings. The van der Waals surface area contributed by atoms with Crippen LogP contribution in [-0.2, 0) is 0 Å². The third kappa shape index (κ3) is 2.18. The van der Waals surface area contributed by atoms with Gasteiger partial charge in [-0.3, -0.25) is 0 Å². The zero-order valence-electron chi connectivity index (χ0n) is 7.54. The number of nitrogens with zero attached hydrogens (tertiary/aromatic N) is 1. The van der Waals surface area contributed by atoms with Gasteiger partial charge in [-0.1, -0.05) is 6.07 Å². The second-order valence-electron chi connectivity index (χ2n) is 2.34. The zero-order valence-corrected chi connectivity index (χ0v) is 7.54. The Morgan fingerprint density at radius 1 is 1.54 bits per heavy atom. The minimum atomic E-state index is -0.349. The van der Waals surface area contributed by atoms with Gasteiger partial charge in [-0.25, -0.2) is 4.39 Å². The van der Waals surface area contributed by atoms with E-state index in [1.54, 1.807) is 19.2 Å². The first-order valence-electron chi connectivity index (χ1n) is 3.82. The number of hydrogen-bond donors (Lipinski definition) is 1. The summed E-state index contributed by atoms with van der Waals surface area (Å²) in [7, 11) is 3.13. The normalized spacial score (nSPS) is 10.4. The van der Waals surface area contributed by atoms with Crippen molar-refractivity contribution < 1.29 is 9.13 Å². The van der Waals surface area contributed by atoms with Crippen LogP contribution in [0.4, 0.5) is 4.39 Å². The van der Waals surface area contributed by atoms with Crippen molar-refractivity contribution in [2.45, 2.75) is 0 Å². The molecule has 0 amide bonds. The predicted molar refractivity (Wildman–Crippen MR) is 49.6 cm³/mol. The van der Waals surface area contributed by atoms with Gasteiger partial charge >= 0.3 is 0 Å². The van der Waals surface area contributed by atoms with E-state index in [4.69, 9.17) is 4.74 Å². The summed E-state index contributed by atoms with van der Waals surface area (Å²) in [6.07, 6.45) is 1.38. The molecule has 0 aliphatic rings. The van der Waals surface area contributed by atoms with Crippen molar-refractivity contribution in [1.82, 2.24) is 5.43 Å². The van der Waals surface area contributed by atoms with Crippen LogP contribution in [0.25, 0.3) is 0 Å². The SMILES string of the molecule is CNN=Cc1c(F)cccc1OC. The average molecular weight is 182 g/mol. The van der Waals surface area contributed by atoms with E-state index in [1.165, 1.54) is 19.4 Å². The summed E-state index contributed by atoms with van der Waals surface area (Å²) in [5, 5.41) is 3.72. The molecule has 70 valence electrons. The number of benzene rings is 1. The summed E-state index contributed by atoms with van der Waals surface area (Å²) in [4.78, 5) is 0. The van der Waals surface area contributed by atoms with Gasteiger partial charge < -0.3 is 10.2 Å². The standard InChI is InChI=1S/C9H11FN2O/c1-11-12-6-7-8(10)4-3-5-9(7)13-2/h3-6,11H,1-2H3. The van der Waals surface area contributed by atoms with Gasteiger partial charge in [-0.15, -0.1) is 0 Å². The third-order valence-electron chi connectivity index (χ3n) is 1.56. The molecule has 0 aromatic heterocycles. The van der Waals surface area contributed by atoms with Crippen molar-refractivity contribution in [2.24, 2.45) is 5.10 Å². The van der Waals surface area contributed by atoms with Crippen molar-refractivity contribution >= 4 is 6.21 Å². The summed E-state index contributed by atoms with van der Waals surface area (Å²) < 4.78 is 18.1. The van der Waals surface area contributed by atoms with E-state index < -0.39 is 0 Å². The van der Waals surface area contributed by atoms with E-state index >= 15 is 0 Å². The van der Waals surface area contributed by atoms with Crippen LogP contribution >= 0.6 is 0 Å². The Morgan fingerprint density at radius 2 is 2.31 bits per heavy atom. The maximum Gasteiger partial charge on any atom is 0.135 e. The highest BCUT2D eigenvalue weighted by Gasteiger charge is 2.05. The Morgan fingerprint density at radius 3 is 2.92 bits per heavy atom. The van der Waals surface area contributed by atoms with Crippen molar-refractivity contribution in [3.8, 4) is 5.75 Å². The van der Waals surface area contributed by atoms with Gasteiger partial charge in [0.05, 0.1) is 18.9 Å². The van der Waals surface area contributed by atoms with E-state index in [0.717, 1.165) is 0 Å². The Bertz CT molecular complexity index is 312. The van der Waals surface area contributed by atoms with Crippen LogP contribution in [0.1, 0.15) is 5.56 Å². The number of halogens is 1. The summed E-state index contributed by atoms with van der Waals surface area (Å²) in [6.45, 7) is 0. The van der Waals surface area contributed by atoms with Crippen LogP contribution in [0.5, 0.6) is 5.75 Å². The molecule has 1 aromatic rings. The molecule has 0 heterocycles. The fourth-order valence-corrected chi connectivity index (χ4v) is 0.950. The molecule has 1 rings (SSSR count). The monoisotopic (exact) mass is 182 g/mol. The van der Waals surface area contributed by atoms with Crippen LogP contribution in [0, 0.1) is 5.82 Å². The van der Waals surface area contributed by atoms with Crippen LogP contribution < -0.4 is 10.2 Å². The smallest absolute Gasteiger partial charge is 0.135 e. The molecule has 3 nitrogen and oxygen atoms in total. The van der Waals surface area contributed by atoms with Gasteiger partial charge in [0.1, 0.15) is 11.6 Å². The Balaban J connectivity index is 3.07. The topological polar surface area (TPSA) is 33.6 Å². The summed E-state index contributed by atoms with van der Waals surface area (Å²) in [5.74, 6) is 0.123. The molecular weight excluding hydrogens is 171 g/mol. The molecule has 4 heteroatoms. The fraction of sp³-hybridized carbons (Fsp3) is 0.222. The first kappa shape index (κ1) is 9.51. The Labute approximate surface area is 76.2 Å². The maximum absolute atomic E-state index is 13.2. The molecule has 0 spiro atoms. The van der Waals surface area contributed by atoms with Crippen molar-refractivity contribution in [2.75, 3.05) is 14.2 Å². The molecule has 0 atom stereocenters. The number of ether oxygens (including phenoxy) is 1. The van der Waals surface area contributed by atoms with E-state index in [2.05, 4.69) is 10.5 Å². The lowest BCUT2D eigenvalue weighted by atomic mass is 10.2. The highest BCUT2D eigenvalue weighted by atomic mass is 19.1. The minimum absolute atomic E-state index is 0.347. The van der Waals surface area contributed by atoms with Gasteiger partial charge in [0.25, 0.3) is 0 Å². The first-order chi connectivity index (χ1) is 6.29. The lowest BCUT2D eigenvalue weighted by Gasteiger charge is -2.04. The lowest BCUT2D eigenvalue weighted by molar-refractivity contribution is 0.410. The minimum Gasteiger partial charge on any atom is -0.496 e. The van der Waals surface area contributed by atoms with Gasteiger partial charge in [0.15, 0.2) is 0 Å². The molecular formula is C9H11FN2O. The van der Waals surface area contributed by atoms with Crippen LogP contribution in [0.15, 0.2) is 23.3 Å². The summed E-state index contributed by atoms with van der Waals surface area (Å²) in [6, 6.07) is 4.63. The molecule has 0 unspecified atom stereocenters. The second kappa shape index (κ2) is 4.45. The molecule has 0 aliphatic carbocycles. The maximum atomic E-state index is 13.2. The van der Waals surface area contributed by atoms with Crippen molar-refractivity contribution in [1.29, 1.82) is 0 Å². The van der Waals surface area contributed by atoms with Crippen molar-refractivity contribution in [3.63, 3.8) is 0 Å². The van der Waals surface area contributed by atoms with E-state index in [0.29, 0.717) is 11.3 Å². The van der Waals surface area contributed by atoms with Crippen LogP contribution in [0.3, 0.4) is 0 Å². The van der Waals surface area contributed by atoms with E-state index in [9.17, 15) is 4.39 Å². The highest BCUT2D eigenvalue weighted by Crippen LogP contribution is 2.18. The Hall–Kier alpha value is -1.58. The molecule has 1 aromatic carbocycles. The molecule has 0 aliphatic heterocycles. The number of rotatable bonds is 3. The van der Waals surface area contributed by atoms with Crippen LogP contribution in [-0.4, -0.2) is 20.4 Å². The number of hydrogen-bond acceptors (Lipinski definition) is 3. The van der Waals surface area contributed by atoms with Crippen LogP contribution in [0.2, 0.25) is 0 Å². The largest absolute Gasteiger partial charge is 0.496 e.